The van der Waals surface area contributed by atoms with Crippen LogP contribution in [0.2, 0.25) is 0 Å². The van der Waals surface area contributed by atoms with Gasteiger partial charge >= 0.3 is 0 Å². The molecule has 2 heterocycles. The van der Waals surface area contributed by atoms with Gasteiger partial charge in [-0.3, -0.25) is 4.99 Å². The average molecular weight is 286 g/mol. The number of nitrogens with zero attached hydrogens (tertiary/aromatic N) is 2. The Bertz CT molecular complexity index is 708. The van der Waals surface area contributed by atoms with Crippen LogP contribution in [0.5, 0.6) is 11.5 Å². The van der Waals surface area contributed by atoms with Crippen molar-refractivity contribution in [3.05, 3.63) is 23.9 Å². The second-order valence-electron chi connectivity index (χ2n) is 6.57. The molecule has 0 aliphatic carbocycles. The van der Waals surface area contributed by atoms with Crippen molar-refractivity contribution in [1.29, 1.82) is 0 Å². The molecule has 1 unspecified atom stereocenters. The molecule has 0 bridgehead atoms. The van der Waals surface area contributed by atoms with Crippen LogP contribution in [0.25, 0.3) is 10.9 Å². The second kappa shape index (κ2) is 4.79. The maximum absolute atomic E-state index is 5.54. The van der Waals surface area contributed by atoms with E-state index in [9.17, 15) is 0 Å². The summed E-state index contributed by atoms with van der Waals surface area (Å²) in [7, 11) is 3.34. The van der Waals surface area contributed by atoms with Crippen LogP contribution in [0.3, 0.4) is 0 Å². The molecule has 112 valence electrons. The number of methoxy groups -OCH3 is 2. The van der Waals surface area contributed by atoms with Crippen molar-refractivity contribution in [2.75, 3.05) is 14.2 Å². The Morgan fingerprint density at radius 3 is 2.57 bits per heavy atom. The van der Waals surface area contributed by atoms with Crippen molar-refractivity contribution >= 4 is 17.1 Å². The van der Waals surface area contributed by atoms with Crippen LogP contribution in [0.4, 0.5) is 0 Å². The fourth-order valence-corrected chi connectivity index (χ4v) is 2.87. The zero-order valence-electron chi connectivity index (χ0n) is 13.3. The van der Waals surface area contributed by atoms with E-state index in [1.165, 1.54) is 5.52 Å². The minimum absolute atomic E-state index is 0.154. The van der Waals surface area contributed by atoms with E-state index in [2.05, 4.69) is 37.5 Å². The lowest BCUT2D eigenvalue weighted by atomic mass is 9.86. The van der Waals surface area contributed by atoms with Crippen LogP contribution in [-0.4, -0.2) is 31.0 Å². The van der Waals surface area contributed by atoms with Gasteiger partial charge in [-0.05, 0) is 23.6 Å². The Kier molecular flexibility index (Phi) is 3.19. The molecule has 1 atom stereocenters. The van der Waals surface area contributed by atoms with E-state index in [0.717, 1.165) is 29.1 Å². The topological polar surface area (TPSA) is 35.8 Å². The normalized spacial score (nSPS) is 17.9. The van der Waals surface area contributed by atoms with Gasteiger partial charge in [-0.15, -0.1) is 0 Å². The molecule has 0 spiro atoms. The van der Waals surface area contributed by atoms with Crippen molar-refractivity contribution in [3.63, 3.8) is 0 Å². The van der Waals surface area contributed by atoms with Gasteiger partial charge in [0.15, 0.2) is 11.5 Å². The van der Waals surface area contributed by atoms with Gasteiger partial charge in [0.1, 0.15) is 0 Å². The fourth-order valence-electron chi connectivity index (χ4n) is 2.87. The summed E-state index contributed by atoms with van der Waals surface area (Å²) in [6, 6.07) is 6.47. The SMILES string of the molecule is COc1ccc2c(cc3n2CC(C(C)(C)C)N=C3)c1OC. The zero-order chi connectivity index (χ0) is 15.2. The fraction of sp³-hybridized carbons (Fsp3) is 0.471. The highest BCUT2D eigenvalue weighted by Gasteiger charge is 2.28. The van der Waals surface area contributed by atoms with Gasteiger partial charge in [0.25, 0.3) is 0 Å². The Labute approximate surface area is 125 Å². The number of benzene rings is 1. The molecule has 0 saturated carbocycles. The molecule has 1 aromatic heterocycles. The number of rotatable bonds is 2. The van der Waals surface area contributed by atoms with E-state index in [1.807, 2.05) is 12.3 Å². The lowest BCUT2D eigenvalue weighted by Crippen LogP contribution is -2.32. The Hall–Kier alpha value is -1.97. The summed E-state index contributed by atoms with van der Waals surface area (Å²) in [5.74, 6) is 1.55. The van der Waals surface area contributed by atoms with E-state index in [0.29, 0.717) is 0 Å². The molecule has 0 saturated heterocycles. The zero-order valence-corrected chi connectivity index (χ0v) is 13.3. The third-order valence-electron chi connectivity index (χ3n) is 4.20. The highest BCUT2D eigenvalue weighted by Crippen LogP contribution is 2.38. The van der Waals surface area contributed by atoms with E-state index >= 15 is 0 Å². The molecule has 1 aliphatic heterocycles. The summed E-state index contributed by atoms with van der Waals surface area (Å²) in [5.41, 5.74) is 2.45. The van der Waals surface area contributed by atoms with Crippen LogP contribution in [0.15, 0.2) is 23.2 Å². The Morgan fingerprint density at radius 2 is 1.95 bits per heavy atom. The predicted molar refractivity (Wildman–Crippen MR) is 85.9 cm³/mol. The van der Waals surface area contributed by atoms with E-state index in [1.54, 1.807) is 14.2 Å². The first-order valence-electron chi connectivity index (χ1n) is 7.23. The first-order valence-corrected chi connectivity index (χ1v) is 7.23. The molecule has 0 radical (unpaired) electrons. The van der Waals surface area contributed by atoms with Crippen LogP contribution in [0.1, 0.15) is 26.5 Å². The monoisotopic (exact) mass is 286 g/mol. The number of aliphatic imine (C=N–C) groups is 1. The van der Waals surface area contributed by atoms with Gasteiger partial charge in [0.2, 0.25) is 0 Å². The molecule has 1 aliphatic rings. The van der Waals surface area contributed by atoms with Crippen molar-refractivity contribution in [2.24, 2.45) is 10.4 Å². The molecule has 21 heavy (non-hydrogen) atoms. The van der Waals surface area contributed by atoms with E-state index < -0.39 is 0 Å². The molecule has 2 aromatic rings. The van der Waals surface area contributed by atoms with Crippen molar-refractivity contribution in [2.45, 2.75) is 33.4 Å². The Morgan fingerprint density at radius 1 is 1.19 bits per heavy atom. The van der Waals surface area contributed by atoms with Gasteiger partial charge in [-0.1, -0.05) is 20.8 Å². The van der Waals surface area contributed by atoms with Crippen LogP contribution in [-0.2, 0) is 6.54 Å². The maximum Gasteiger partial charge on any atom is 0.170 e. The smallest absolute Gasteiger partial charge is 0.170 e. The molecular weight excluding hydrogens is 264 g/mol. The summed E-state index contributed by atoms with van der Waals surface area (Å²) < 4.78 is 13.2. The third kappa shape index (κ3) is 2.19. The minimum Gasteiger partial charge on any atom is -0.493 e. The van der Waals surface area contributed by atoms with Crippen molar-refractivity contribution in [3.8, 4) is 11.5 Å². The predicted octanol–water partition coefficient (Wildman–Crippen LogP) is 3.51. The van der Waals surface area contributed by atoms with Gasteiger partial charge < -0.3 is 14.0 Å². The summed E-state index contributed by atoms with van der Waals surface area (Å²) in [6.45, 7) is 7.59. The summed E-state index contributed by atoms with van der Waals surface area (Å²) >= 11 is 0. The number of ether oxygens (including phenoxy) is 2. The number of hydrogen-bond acceptors (Lipinski definition) is 3. The molecule has 4 heteroatoms. The third-order valence-corrected chi connectivity index (χ3v) is 4.20. The first-order chi connectivity index (χ1) is 9.95. The lowest BCUT2D eigenvalue weighted by molar-refractivity contribution is 0.292. The average Bonchev–Trinajstić information content (AvgIpc) is 2.82. The molecule has 1 aromatic carbocycles. The van der Waals surface area contributed by atoms with Gasteiger partial charge in [0.05, 0.1) is 31.5 Å². The number of fused-ring (bicyclic) bond motifs is 3. The van der Waals surface area contributed by atoms with E-state index in [-0.39, 0.29) is 11.5 Å². The standard InChI is InChI=1S/C17H22N2O2/c1-17(2,3)15-10-19-11(9-18-15)8-12-13(19)6-7-14(20-4)16(12)21-5/h6-9,15H,10H2,1-5H3. The van der Waals surface area contributed by atoms with E-state index in [4.69, 9.17) is 14.5 Å². The summed E-state index contributed by atoms with van der Waals surface area (Å²) in [4.78, 5) is 4.72. The molecule has 4 nitrogen and oxygen atoms in total. The molecule has 0 N–H and O–H groups in total. The van der Waals surface area contributed by atoms with Gasteiger partial charge in [0, 0.05) is 18.1 Å². The highest BCUT2D eigenvalue weighted by molar-refractivity contribution is 5.96. The van der Waals surface area contributed by atoms with Gasteiger partial charge in [-0.25, -0.2) is 0 Å². The van der Waals surface area contributed by atoms with Crippen LogP contribution >= 0.6 is 0 Å². The quantitative estimate of drug-likeness (QED) is 0.847. The van der Waals surface area contributed by atoms with Gasteiger partial charge in [-0.2, -0.15) is 0 Å². The second-order valence-corrected chi connectivity index (χ2v) is 6.57. The number of aromatic nitrogens is 1. The highest BCUT2D eigenvalue weighted by atomic mass is 16.5. The molecular formula is C17H22N2O2. The largest absolute Gasteiger partial charge is 0.493 e. The molecule has 0 amide bonds. The summed E-state index contributed by atoms with van der Waals surface area (Å²) in [6.07, 6.45) is 1.98. The van der Waals surface area contributed by atoms with Crippen molar-refractivity contribution < 1.29 is 9.47 Å². The number of hydrogen-bond donors (Lipinski definition) is 0. The van der Waals surface area contributed by atoms with Crippen LogP contribution < -0.4 is 9.47 Å². The first kappa shape index (κ1) is 14.0. The molecule has 3 rings (SSSR count). The molecule has 0 fully saturated rings. The lowest BCUT2D eigenvalue weighted by Gasteiger charge is -2.30. The maximum atomic E-state index is 5.54. The minimum atomic E-state index is 0.154. The summed E-state index contributed by atoms with van der Waals surface area (Å²) in [5, 5.41) is 1.08. The van der Waals surface area contributed by atoms with Crippen molar-refractivity contribution in [1.82, 2.24) is 4.57 Å². The van der Waals surface area contributed by atoms with Crippen LogP contribution in [0, 0.1) is 5.41 Å². The Balaban J connectivity index is 2.16.